The molecule has 1 amide bonds. The zero-order chi connectivity index (χ0) is 24.0. The minimum Gasteiger partial charge on any atom is -0.361 e. The van der Waals surface area contributed by atoms with Crippen molar-refractivity contribution < 1.29 is 27.9 Å². The number of nitrogens with two attached hydrogens (primary N) is 1. The Labute approximate surface area is 193 Å². The Bertz CT molecular complexity index is 1150. The van der Waals surface area contributed by atoms with Crippen LogP contribution in [0.3, 0.4) is 0 Å². The van der Waals surface area contributed by atoms with E-state index >= 15 is 0 Å². The van der Waals surface area contributed by atoms with Gasteiger partial charge in [0.1, 0.15) is 0 Å². The Morgan fingerprint density at radius 2 is 1.88 bits per heavy atom. The SMILES string of the molecule is NCc1ccccc1CNC(=O)Cc1c(Cl)cnc(NCC(F)(F)c2cccc[n+]2O)c1F. The first kappa shape index (κ1) is 24.3. The lowest BCUT2D eigenvalue weighted by Gasteiger charge is -2.16. The fourth-order valence-corrected chi connectivity index (χ4v) is 3.34. The Balaban J connectivity index is 1.69. The average Bonchev–Trinajstić information content (AvgIpc) is 2.80. The summed E-state index contributed by atoms with van der Waals surface area (Å²) >= 11 is 6.01. The number of hydrogen-bond acceptors (Lipinski definition) is 5. The fourth-order valence-electron chi connectivity index (χ4n) is 3.14. The second-order valence-corrected chi connectivity index (χ2v) is 7.57. The monoisotopic (exact) mass is 480 g/mol. The van der Waals surface area contributed by atoms with E-state index in [1.807, 2.05) is 24.3 Å². The van der Waals surface area contributed by atoms with Gasteiger partial charge in [0.15, 0.2) is 11.6 Å². The summed E-state index contributed by atoms with van der Waals surface area (Å²) in [6, 6.07) is 11.0. The van der Waals surface area contributed by atoms with Gasteiger partial charge in [-0.1, -0.05) is 35.9 Å². The third-order valence-electron chi connectivity index (χ3n) is 4.91. The number of rotatable bonds is 9. The highest BCUT2D eigenvalue weighted by Gasteiger charge is 2.41. The predicted molar refractivity (Wildman–Crippen MR) is 115 cm³/mol. The zero-order valence-corrected chi connectivity index (χ0v) is 18.1. The molecule has 0 atom stereocenters. The highest BCUT2D eigenvalue weighted by atomic mass is 35.5. The van der Waals surface area contributed by atoms with Crippen LogP contribution in [0.15, 0.2) is 54.9 Å². The average molecular weight is 481 g/mol. The largest absolute Gasteiger partial charge is 0.361 e. The van der Waals surface area contributed by atoms with Gasteiger partial charge < -0.3 is 16.4 Å². The number of nitrogens with zero attached hydrogens (tertiary/aromatic N) is 2. The topological polar surface area (TPSA) is 104 Å². The number of halogens is 4. The third-order valence-corrected chi connectivity index (χ3v) is 5.24. The highest BCUT2D eigenvalue weighted by Crippen LogP contribution is 2.28. The van der Waals surface area contributed by atoms with Gasteiger partial charge in [0.2, 0.25) is 12.1 Å². The van der Waals surface area contributed by atoms with Crippen molar-refractivity contribution in [3.05, 3.63) is 88.1 Å². The number of carbonyl (C=O) groups excluding carboxylic acids is 1. The molecule has 11 heteroatoms. The van der Waals surface area contributed by atoms with Crippen molar-refractivity contribution in [1.82, 2.24) is 10.3 Å². The molecule has 0 saturated carbocycles. The molecule has 5 N–H and O–H groups in total. The molecular weight excluding hydrogens is 459 g/mol. The van der Waals surface area contributed by atoms with E-state index in [2.05, 4.69) is 15.6 Å². The van der Waals surface area contributed by atoms with Crippen molar-refractivity contribution in [2.45, 2.75) is 25.4 Å². The molecule has 3 rings (SSSR count). The number of nitrogens with one attached hydrogen (secondary N) is 2. The third kappa shape index (κ3) is 5.91. The first-order valence-corrected chi connectivity index (χ1v) is 10.3. The molecule has 0 unspecified atom stereocenters. The summed E-state index contributed by atoms with van der Waals surface area (Å²) in [7, 11) is 0. The summed E-state index contributed by atoms with van der Waals surface area (Å²) < 4.78 is 44.1. The predicted octanol–water partition coefficient (Wildman–Crippen LogP) is 2.92. The fraction of sp³-hybridized carbons (Fsp3) is 0.227. The molecule has 0 bridgehead atoms. The maximum atomic E-state index is 14.9. The second kappa shape index (κ2) is 10.5. The van der Waals surface area contributed by atoms with Gasteiger partial charge in [-0.15, -0.1) is 0 Å². The molecule has 0 spiro atoms. The van der Waals surface area contributed by atoms with E-state index in [-0.39, 0.29) is 21.9 Å². The maximum absolute atomic E-state index is 14.9. The lowest BCUT2D eigenvalue weighted by atomic mass is 10.1. The first-order valence-electron chi connectivity index (χ1n) is 9.91. The first-order chi connectivity index (χ1) is 15.7. The quantitative estimate of drug-likeness (QED) is 0.278. The molecule has 2 aromatic heterocycles. The maximum Gasteiger partial charge on any atom is 0.351 e. The van der Waals surface area contributed by atoms with Crippen molar-refractivity contribution in [2.24, 2.45) is 5.73 Å². The Morgan fingerprint density at radius 1 is 1.18 bits per heavy atom. The van der Waals surface area contributed by atoms with Gasteiger partial charge in [-0.3, -0.25) is 10.0 Å². The number of alkyl halides is 2. The molecule has 7 nitrogen and oxygen atoms in total. The van der Waals surface area contributed by atoms with Gasteiger partial charge in [-0.2, -0.15) is 8.78 Å². The number of benzene rings is 1. The number of anilines is 1. The van der Waals surface area contributed by atoms with E-state index in [4.69, 9.17) is 17.3 Å². The standard InChI is InChI=1S/C22H21ClF3N5O2/c23-17-12-29-21(30-13-22(25,26)18-7-3-4-8-31(18)33)20(24)16(17)9-19(32)28-11-15-6-2-1-5-14(15)10-27/h1-8,12H,9-11,13,27H2,(H2-,28,29,30,32,33)/p+1. The van der Waals surface area contributed by atoms with Crippen LogP contribution in [0.4, 0.5) is 19.0 Å². The van der Waals surface area contributed by atoms with Gasteiger partial charge in [-0.25, -0.2) is 9.37 Å². The summed E-state index contributed by atoms with van der Waals surface area (Å²) in [5, 5.41) is 14.4. The molecule has 0 fully saturated rings. The Kier molecular flexibility index (Phi) is 7.72. The minimum absolute atomic E-state index is 0.112. The zero-order valence-electron chi connectivity index (χ0n) is 17.4. The van der Waals surface area contributed by atoms with Gasteiger partial charge in [0, 0.05) is 41.7 Å². The molecule has 174 valence electrons. The van der Waals surface area contributed by atoms with E-state index in [1.165, 1.54) is 12.1 Å². The van der Waals surface area contributed by atoms with Crippen LogP contribution in [0.5, 0.6) is 0 Å². The molecule has 33 heavy (non-hydrogen) atoms. The molecule has 2 heterocycles. The van der Waals surface area contributed by atoms with E-state index in [0.29, 0.717) is 6.54 Å². The van der Waals surface area contributed by atoms with Gasteiger partial charge in [0.05, 0.1) is 18.0 Å². The number of amides is 1. The highest BCUT2D eigenvalue weighted by molar-refractivity contribution is 6.31. The summed E-state index contributed by atoms with van der Waals surface area (Å²) in [5.41, 5.74) is 6.49. The normalized spacial score (nSPS) is 11.3. The number of pyridine rings is 2. The molecule has 0 aliphatic carbocycles. The van der Waals surface area contributed by atoms with Crippen LogP contribution in [0.25, 0.3) is 0 Å². The second-order valence-electron chi connectivity index (χ2n) is 7.16. The molecule has 0 saturated heterocycles. The molecule has 0 radical (unpaired) electrons. The van der Waals surface area contributed by atoms with Crippen LogP contribution in [-0.2, 0) is 30.2 Å². The molecule has 1 aromatic carbocycles. The summed E-state index contributed by atoms with van der Waals surface area (Å²) in [5.74, 6) is -5.57. The number of hydrogen-bond donors (Lipinski definition) is 4. The minimum atomic E-state index is -3.54. The van der Waals surface area contributed by atoms with Gasteiger partial charge in [0.25, 0.3) is 0 Å². The van der Waals surface area contributed by atoms with Crippen LogP contribution >= 0.6 is 11.6 Å². The van der Waals surface area contributed by atoms with Gasteiger partial charge >= 0.3 is 11.6 Å². The van der Waals surface area contributed by atoms with Crippen LogP contribution in [0.1, 0.15) is 22.4 Å². The summed E-state index contributed by atoms with van der Waals surface area (Å²) in [6.45, 7) is -0.563. The van der Waals surface area contributed by atoms with Crippen molar-refractivity contribution in [3.63, 3.8) is 0 Å². The number of aromatic nitrogens is 2. The van der Waals surface area contributed by atoms with Crippen LogP contribution < -0.4 is 21.1 Å². The van der Waals surface area contributed by atoms with Crippen LogP contribution in [-0.4, -0.2) is 22.6 Å². The summed E-state index contributed by atoms with van der Waals surface area (Å²) in [6.07, 6.45) is 1.71. The summed E-state index contributed by atoms with van der Waals surface area (Å²) in [4.78, 5) is 16.1. The molecule has 0 aliphatic heterocycles. The van der Waals surface area contributed by atoms with Gasteiger partial charge in [-0.05, 0) is 17.2 Å². The van der Waals surface area contributed by atoms with Crippen molar-refractivity contribution in [1.29, 1.82) is 0 Å². The van der Waals surface area contributed by atoms with E-state index in [0.717, 1.165) is 29.6 Å². The van der Waals surface area contributed by atoms with Crippen LogP contribution in [0.2, 0.25) is 5.02 Å². The van der Waals surface area contributed by atoms with Crippen molar-refractivity contribution >= 4 is 23.3 Å². The molecule has 3 aromatic rings. The van der Waals surface area contributed by atoms with E-state index in [1.54, 1.807) is 0 Å². The van der Waals surface area contributed by atoms with Crippen molar-refractivity contribution in [3.8, 4) is 0 Å². The molecule has 0 aliphatic rings. The Hall–Kier alpha value is -3.37. The van der Waals surface area contributed by atoms with E-state index < -0.39 is 42.1 Å². The lowest BCUT2D eigenvalue weighted by molar-refractivity contribution is -0.913. The molecular formula is C22H22ClF3N5O2+. The van der Waals surface area contributed by atoms with Crippen LogP contribution in [0, 0.1) is 5.82 Å². The smallest absolute Gasteiger partial charge is 0.351 e. The Morgan fingerprint density at radius 3 is 2.58 bits per heavy atom. The van der Waals surface area contributed by atoms with Crippen molar-refractivity contribution in [2.75, 3.05) is 11.9 Å². The van der Waals surface area contributed by atoms with E-state index in [9.17, 15) is 23.2 Å². The number of carbonyl (C=O) groups is 1. The lowest BCUT2D eigenvalue weighted by Crippen LogP contribution is -2.43.